The zero-order chi connectivity index (χ0) is 18.6. The van der Waals surface area contributed by atoms with Gasteiger partial charge in [0.15, 0.2) is 11.5 Å². The summed E-state index contributed by atoms with van der Waals surface area (Å²) < 4.78 is 8.51. The molecule has 0 amide bonds. The predicted octanol–water partition coefficient (Wildman–Crippen LogP) is -7.24. The normalized spacial score (nSPS) is 23.0. The molecule has 2 rings (SSSR count). The summed E-state index contributed by atoms with van der Waals surface area (Å²) in [6.07, 6.45) is -5.90. The van der Waals surface area contributed by atoms with Crippen molar-refractivity contribution in [1.82, 2.24) is 0 Å². The van der Waals surface area contributed by atoms with Crippen molar-refractivity contribution in [3.8, 4) is 0 Å². The van der Waals surface area contributed by atoms with Crippen molar-refractivity contribution in [2.45, 2.75) is 24.4 Å². The average Bonchev–Trinajstić information content (AvgIpc) is 2.98. The molecule has 152 valence electrons. The Morgan fingerprint density at radius 3 is 1.22 bits per heavy atom. The third-order valence-corrected chi connectivity index (χ3v) is 2.91. The number of aliphatic hydroxyl groups excluding tert-OH is 6. The molecule has 2 heterocycles. The maximum atomic E-state index is 10.8. The molecule has 0 aromatic carbocycles. The monoisotopic (exact) mass is 426 g/mol. The van der Waals surface area contributed by atoms with Gasteiger partial charge in [-0.25, -0.2) is 9.59 Å². The molecule has 0 bridgehead atoms. The van der Waals surface area contributed by atoms with Crippen LogP contribution in [-0.2, 0) is 19.1 Å². The second-order valence-electron chi connectivity index (χ2n) is 4.58. The number of carbonyl (C=O) groups excluding carboxylic acids is 2. The molecule has 0 aliphatic carbocycles. The van der Waals surface area contributed by atoms with Gasteiger partial charge in [0.25, 0.3) is 0 Å². The summed E-state index contributed by atoms with van der Waals surface area (Å²) in [5.41, 5.74) is 0. The van der Waals surface area contributed by atoms with Crippen LogP contribution < -0.4 is 10.2 Å². The number of hydrogen-bond donors (Lipinski definition) is 6. The first-order valence-electron chi connectivity index (χ1n) is 6.35. The smallest absolute Gasteiger partial charge is 0.870 e. The van der Waals surface area contributed by atoms with Gasteiger partial charge in [-0.15, -0.1) is 0 Å². The van der Waals surface area contributed by atoms with E-state index < -0.39 is 72.6 Å². The third kappa shape index (κ3) is 6.95. The van der Waals surface area contributed by atoms with Crippen LogP contribution in [0.4, 0.5) is 0 Å². The Morgan fingerprint density at radius 1 is 0.815 bits per heavy atom. The molecule has 0 fully saturated rings. The maximum absolute atomic E-state index is 10.8. The van der Waals surface area contributed by atoms with Crippen LogP contribution in [0.1, 0.15) is 0 Å². The molecule has 2 aliphatic heterocycles. The molecular weight excluding hydrogens is 408 g/mol. The fourth-order valence-corrected chi connectivity index (χ4v) is 1.62. The second kappa shape index (κ2) is 12.9. The number of ether oxygens (including phenoxy) is 2. The van der Waals surface area contributed by atoms with Gasteiger partial charge in [0.2, 0.25) is 0 Å². The van der Waals surface area contributed by atoms with E-state index in [2.05, 4.69) is 9.47 Å². The van der Waals surface area contributed by atoms with Gasteiger partial charge in [-0.05, 0) is 11.5 Å². The van der Waals surface area contributed by atoms with E-state index in [1.807, 2.05) is 0 Å². The van der Waals surface area contributed by atoms with Crippen LogP contribution in [-0.4, -0.2) is 129 Å². The Labute approximate surface area is 180 Å². The van der Waals surface area contributed by atoms with Crippen molar-refractivity contribution in [3.63, 3.8) is 0 Å². The maximum Gasteiger partial charge on any atom is 2.00 e. The molecule has 0 radical (unpaired) electrons. The van der Waals surface area contributed by atoms with Gasteiger partial charge in [-0.3, -0.25) is 0 Å². The minimum absolute atomic E-state index is 0. The molecule has 0 aromatic heterocycles. The number of hydrogen-bond acceptors (Lipinski definition) is 12. The van der Waals surface area contributed by atoms with Crippen LogP contribution in [0.25, 0.3) is 0 Å². The van der Waals surface area contributed by atoms with Crippen LogP contribution in [0, 0.1) is 0 Å². The van der Waals surface area contributed by atoms with Crippen LogP contribution in [0.2, 0.25) is 0 Å². The van der Waals surface area contributed by atoms with Gasteiger partial charge < -0.3 is 61.3 Å². The van der Waals surface area contributed by atoms with Crippen LogP contribution in [0.3, 0.4) is 0 Å². The number of cyclic esters (lactones) is 2. The molecule has 10 N–H and O–H groups in total. The third-order valence-electron chi connectivity index (χ3n) is 2.91. The van der Waals surface area contributed by atoms with Crippen molar-refractivity contribution in [2.75, 3.05) is 13.2 Å². The fourth-order valence-electron chi connectivity index (χ4n) is 1.62. The van der Waals surface area contributed by atoms with Gasteiger partial charge in [0.05, 0.1) is 13.2 Å². The zero-order valence-electron chi connectivity index (χ0n) is 13.6. The standard InChI is InChI=1S/2C6H8O6.Ca.2H2O/c2*7-1-2(8)5-3(9)4(10)6(11)12-5;;;/h2*2,5,7-10H,1H2;;2*1H2/q;;+2;;/p-2/t2-,5?;2-,5-;;;/m00.../s1. The minimum Gasteiger partial charge on any atom is -0.870 e. The van der Waals surface area contributed by atoms with Crippen LogP contribution in [0.5, 0.6) is 0 Å². The van der Waals surface area contributed by atoms with Crippen molar-refractivity contribution in [2.24, 2.45) is 0 Å². The van der Waals surface area contributed by atoms with Crippen molar-refractivity contribution >= 4 is 49.7 Å². The van der Waals surface area contributed by atoms with E-state index in [-0.39, 0.29) is 48.7 Å². The summed E-state index contributed by atoms with van der Waals surface area (Å²) in [7, 11) is 0. The summed E-state index contributed by atoms with van der Waals surface area (Å²) in [5, 5.41) is 73.6. The van der Waals surface area contributed by atoms with E-state index in [1.54, 1.807) is 0 Å². The predicted molar refractivity (Wildman–Crippen MR) is 78.2 cm³/mol. The quantitative estimate of drug-likeness (QED) is 0.180. The summed E-state index contributed by atoms with van der Waals surface area (Å²) in [6, 6.07) is 0. The molecule has 1 unspecified atom stereocenters. The van der Waals surface area contributed by atoms with Gasteiger partial charge in [0.1, 0.15) is 24.4 Å². The SMILES string of the molecule is O.O.O=C1OC([C@@H](O)CO)C([O-])=C1O.O=C1O[C@@H]([C@@H](O)CO)C([O-])=C1O.[Ca+2]. The molecule has 14 nitrogen and oxygen atoms in total. The Balaban J connectivity index is -0.000000384. The van der Waals surface area contributed by atoms with Gasteiger partial charge in [0, 0.05) is 0 Å². The Morgan fingerprint density at radius 2 is 1.07 bits per heavy atom. The first-order chi connectivity index (χ1) is 11.1. The van der Waals surface area contributed by atoms with Gasteiger partial charge in [-0.2, -0.15) is 0 Å². The molecular formula is C12H18CaO14. The molecule has 27 heavy (non-hydrogen) atoms. The number of carbonyl (C=O) groups is 2. The van der Waals surface area contributed by atoms with Crippen molar-refractivity contribution in [3.05, 3.63) is 23.0 Å². The first-order valence-corrected chi connectivity index (χ1v) is 6.35. The molecule has 4 atom stereocenters. The first kappa shape index (κ1) is 30.4. The number of aliphatic hydroxyl groups is 6. The van der Waals surface area contributed by atoms with Crippen molar-refractivity contribution < 1.29 is 70.9 Å². The molecule has 15 heteroatoms. The Bertz CT molecular complexity index is 522. The Kier molecular flexibility index (Phi) is 14.5. The van der Waals surface area contributed by atoms with Crippen LogP contribution >= 0.6 is 0 Å². The van der Waals surface area contributed by atoms with Gasteiger partial charge >= 0.3 is 49.7 Å². The van der Waals surface area contributed by atoms with E-state index in [9.17, 15) is 19.8 Å². The van der Waals surface area contributed by atoms with Crippen LogP contribution in [0.15, 0.2) is 23.0 Å². The average molecular weight is 426 g/mol. The molecule has 2 aliphatic rings. The minimum atomic E-state index is -1.48. The number of esters is 2. The van der Waals surface area contributed by atoms with E-state index >= 15 is 0 Å². The Hall–Kier alpha value is -1.36. The molecule has 0 saturated heterocycles. The van der Waals surface area contributed by atoms with E-state index in [1.165, 1.54) is 0 Å². The van der Waals surface area contributed by atoms with E-state index in [0.29, 0.717) is 0 Å². The summed E-state index contributed by atoms with van der Waals surface area (Å²) >= 11 is 0. The fraction of sp³-hybridized carbons (Fsp3) is 0.500. The second-order valence-corrected chi connectivity index (χ2v) is 4.58. The summed E-state index contributed by atoms with van der Waals surface area (Å²) in [6.45, 7) is -1.42. The molecule has 0 spiro atoms. The molecule has 0 saturated carbocycles. The summed E-state index contributed by atoms with van der Waals surface area (Å²) in [5.74, 6) is -6.40. The molecule has 0 aromatic rings. The van der Waals surface area contributed by atoms with E-state index in [0.717, 1.165) is 0 Å². The van der Waals surface area contributed by atoms with Gasteiger partial charge in [-0.1, -0.05) is 0 Å². The summed E-state index contributed by atoms with van der Waals surface area (Å²) in [4.78, 5) is 21.0. The van der Waals surface area contributed by atoms with E-state index in [4.69, 9.17) is 30.6 Å². The number of rotatable bonds is 4. The van der Waals surface area contributed by atoms with Crippen molar-refractivity contribution in [1.29, 1.82) is 0 Å². The topological polar surface area (TPSA) is 283 Å². The largest absolute Gasteiger partial charge is 2.00 e. The zero-order valence-corrected chi connectivity index (χ0v) is 15.8.